The van der Waals surface area contributed by atoms with Crippen LogP contribution in [0.1, 0.15) is 49.1 Å². The number of halogens is 2. The maximum absolute atomic E-state index is 13.4. The van der Waals surface area contributed by atoms with E-state index in [0.717, 1.165) is 36.1 Å². The van der Waals surface area contributed by atoms with Gasteiger partial charge in [-0.3, -0.25) is 9.59 Å². The molecule has 7 heteroatoms. The van der Waals surface area contributed by atoms with Crippen LogP contribution in [0.4, 0.5) is 0 Å². The summed E-state index contributed by atoms with van der Waals surface area (Å²) in [4.78, 5) is 28.7. The highest BCUT2D eigenvalue weighted by Crippen LogP contribution is 2.29. The molecule has 0 unspecified atom stereocenters. The van der Waals surface area contributed by atoms with Crippen LogP contribution in [0.25, 0.3) is 0 Å². The molecule has 1 heterocycles. The normalized spacial score (nSPS) is 20.1. The number of alkyl halides is 1. The maximum Gasteiger partial charge on any atom is 0.247 e. The van der Waals surface area contributed by atoms with E-state index in [1.807, 2.05) is 17.5 Å². The van der Waals surface area contributed by atoms with E-state index in [-0.39, 0.29) is 23.7 Å². The summed E-state index contributed by atoms with van der Waals surface area (Å²) < 4.78 is 0. The molecular formula is C22H26Cl2N2O2S. The van der Waals surface area contributed by atoms with Crippen LogP contribution in [0.5, 0.6) is 0 Å². The topological polar surface area (TPSA) is 49.4 Å². The number of hydrogen-bond acceptors (Lipinski definition) is 3. The number of carbonyl (C=O) groups excluding carboxylic acids is 2. The van der Waals surface area contributed by atoms with Crippen molar-refractivity contribution in [1.82, 2.24) is 10.2 Å². The van der Waals surface area contributed by atoms with Crippen molar-refractivity contribution in [2.24, 2.45) is 5.92 Å². The molecule has 2 aromatic rings. The van der Waals surface area contributed by atoms with E-state index in [9.17, 15) is 9.59 Å². The van der Waals surface area contributed by atoms with E-state index in [1.54, 1.807) is 40.5 Å². The van der Waals surface area contributed by atoms with E-state index in [1.165, 1.54) is 0 Å². The summed E-state index contributed by atoms with van der Waals surface area (Å²) in [6.45, 7) is 2.59. The summed E-state index contributed by atoms with van der Waals surface area (Å²) in [7, 11) is 0. The lowest BCUT2D eigenvalue weighted by Gasteiger charge is -2.33. The molecule has 0 aliphatic heterocycles. The zero-order valence-electron chi connectivity index (χ0n) is 16.4. The van der Waals surface area contributed by atoms with E-state index >= 15 is 0 Å². The first-order valence-electron chi connectivity index (χ1n) is 9.91. The Hall–Kier alpha value is -1.56. The third kappa shape index (κ3) is 5.97. The number of hydrogen-bond donors (Lipinski definition) is 1. The summed E-state index contributed by atoms with van der Waals surface area (Å²) in [6.07, 6.45) is 4.15. The van der Waals surface area contributed by atoms with Crippen LogP contribution in [0.15, 0.2) is 41.8 Å². The maximum atomic E-state index is 13.4. The van der Waals surface area contributed by atoms with Gasteiger partial charge < -0.3 is 10.2 Å². The molecule has 4 nitrogen and oxygen atoms in total. The molecule has 1 N–H and O–H groups in total. The first-order valence-corrected chi connectivity index (χ1v) is 11.7. The van der Waals surface area contributed by atoms with Crippen LogP contribution in [-0.2, 0) is 16.1 Å². The Morgan fingerprint density at radius 1 is 1.17 bits per heavy atom. The fourth-order valence-electron chi connectivity index (χ4n) is 3.77. The van der Waals surface area contributed by atoms with Gasteiger partial charge >= 0.3 is 0 Å². The highest BCUT2D eigenvalue weighted by Gasteiger charge is 2.33. The smallest absolute Gasteiger partial charge is 0.247 e. The van der Waals surface area contributed by atoms with Crippen LogP contribution in [0.3, 0.4) is 0 Å². The molecule has 1 aromatic carbocycles. The van der Waals surface area contributed by atoms with Gasteiger partial charge in [0.25, 0.3) is 0 Å². The minimum absolute atomic E-state index is 0.142. The van der Waals surface area contributed by atoms with Gasteiger partial charge in [0.1, 0.15) is 11.9 Å². The predicted octanol–water partition coefficient (Wildman–Crippen LogP) is 5.41. The van der Waals surface area contributed by atoms with Crippen molar-refractivity contribution in [3.63, 3.8) is 0 Å². The Morgan fingerprint density at radius 3 is 2.45 bits per heavy atom. The highest BCUT2D eigenvalue weighted by molar-refractivity contribution is 7.09. The SMILES string of the molecule is CC1CCC(NC(=O)[C@H](c2ccc(Cl)cc2)N(Cc2cccs2)C(=O)CCl)CC1. The van der Waals surface area contributed by atoms with Crippen molar-refractivity contribution in [2.75, 3.05) is 5.88 Å². The molecule has 0 bridgehead atoms. The van der Waals surface area contributed by atoms with Crippen molar-refractivity contribution >= 4 is 46.4 Å². The average molecular weight is 453 g/mol. The Kier molecular flexibility index (Phi) is 7.99. The first kappa shape index (κ1) is 22.1. The second-order valence-corrected chi connectivity index (χ2v) is 9.39. The van der Waals surface area contributed by atoms with Crippen molar-refractivity contribution < 1.29 is 9.59 Å². The number of thiophene rings is 1. The van der Waals surface area contributed by atoms with Gasteiger partial charge in [-0.25, -0.2) is 0 Å². The minimum Gasteiger partial charge on any atom is -0.351 e. The zero-order valence-corrected chi connectivity index (χ0v) is 18.8. The molecule has 1 saturated carbocycles. The lowest BCUT2D eigenvalue weighted by Crippen LogP contribution is -2.47. The number of carbonyl (C=O) groups is 2. The third-order valence-electron chi connectivity index (χ3n) is 5.45. The molecule has 1 aromatic heterocycles. The molecule has 3 rings (SSSR count). The molecule has 1 aliphatic rings. The second kappa shape index (κ2) is 10.5. The number of nitrogens with one attached hydrogen (secondary N) is 1. The Balaban J connectivity index is 1.88. The van der Waals surface area contributed by atoms with E-state index in [2.05, 4.69) is 12.2 Å². The van der Waals surface area contributed by atoms with Crippen molar-refractivity contribution in [1.29, 1.82) is 0 Å². The number of nitrogens with zero attached hydrogens (tertiary/aromatic N) is 1. The highest BCUT2D eigenvalue weighted by atomic mass is 35.5. The summed E-state index contributed by atoms with van der Waals surface area (Å²) in [5.74, 6) is 0.0849. The lowest BCUT2D eigenvalue weighted by molar-refractivity contribution is -0.140. The molecule has 0 spiro atoms. The van der Waals surface area contributed by atoms with Crippen LogP contribution in [0, 0.1) is 5.92 Å². The van der Waals surface area contributed by atoms with Crippen LogP contribution in [0.2, 0.25) is 5.02 Å². The van der Waals surface area contributed by atoms with Crippen LogP contribution >= 0.6 is 34.5 Å². The molecule has 2 amide bonds. The predicted molar refractivity (Wildman–Crippen MR) is 119 cm³/mol. The van der Waals surface area contributed by atoms with Crippen LogP contribution in [-0.4, -0.2) is 28.6 Å². The number of amides is 2. The number of benzene rings is 1. The quantitative estimate of drug-likeness (QED) is 0.571. The summed E-state index contributed by atoms with van der Waals surface area (Å²) in [6, 6.07) is 10.4. The summed E-state index contributed by atoms with van der Waals surface area (Å²) in [5.41, 5.74) is 0.728. The molecule has 0 saturated heterocycles. The van der Waals surface area contributed by atoms with Crippen LogP contribution < -0.4 is 5.32 Å². The fourth-order valence-corrected chi connectivity index (χ4v) is 4.76. The molecular weight excluding hydrogens is 427 g/mol. The fraction of sp³-hybridized carbons (Fsp3) is 0.455. The Bertz CT molecular complexity index is 803. The van der Waals surface area contributed by atoms with Crippen molar-refractivity contribution in [2.45, 2.75) is 51.2 Å². The average Bonchev–Trinajstić information content (AvgIpc) is 3.23. The van der Waals surface area contributed by atoms with E-state index in [4.69, 9.17) is 23.2 Å². The lowest BCUT2D eigenvalue weighted by atomic mass is 9.87. The standard InChI is InChI=1S/C22H26Cl2N2O2S/c1-15-4-10-18(11-5-15)25-22(28)21(16-6-8-17(24)9-7-16)26(20(27)13-23)14-19-3-2-12-29-19/h2-3,6-9,12,15,18,21H,4-5,10-11,13-14H2,1H3,(H,25,28)/t15?,18?,21-/m0/s1. The molecule has 0 radical (unpaired) electrons. The van der Waals surface area contributed by atoms with Gasteiger partial charge in [0.2, 0.25) is 11.8 Å². The molecule has 1 fully saturated rings. The summed E-state index contributed by atoms with van der Waals surface area (Å²) >= 11 is 13.5. The Morgan fingerprint density at radius 2 is 1.86 bits per heavy atom. The first-order chi connectivity index (χ1) is 14.0. The monoisotopic (exact) mass is 452 g/mol. The van der Waals surface area contributed by atoms with Gasteiger partial charge in [-0.15, -0.1) is 22.9 Å². The summed E-state index contributed by atoms with van der Waals surface area (Å²) in [5, 5.41) is 5.73. The largest absolute Gasteiger partial charge is 0.351 e. The van der Waals surface area contributed by atoms with Gasteiger partial charge in [-0.1, -0.05) is 36.7 Å². The minimum atomic E-state index is -0.750. The van der Waals surface area contributed by atoms with Gasteiger partial charge in [0.15, 0.2) is 0 Å². The van der Waals surface area contributed by atoms with Gasteiger partial charge in [-0.05, 0) is 60.7 Å². The van der Waals surface area contributed by atoms with E-state index in [0.29, 0.717) is 17.5 Å². The van der Waals surface area contributed by atoms with Gasteiger partial charge in [-0.2, -0.15) is 0 Å². The molecule has 1 atom stereocenters. The Labute approximate surface area is 186 Å². The second-order valence-electron chi connectivity index (χ2n) is 7.65. The van der Waals surface area contributed by atoms with Gasteiger partial charge in [0.05, 0.1) is 6.54 Å². The third-order valence-corrected chi connectivity index (χ3v) is 6.79. The molecule has 156 valence electrons. The van der Waals surface area contributed by atoms with Crippen molar-refractivity contribution in [3.05, 3.63) is 57.2 Å². The van der Waals surface area contributed by atoms with Gasteiger partial charge in [0, 0.05) is 15.9 Å². The molecule has 29 heavy (non-hydrogen) atoms. The zero-order chi connectivity index (χ0) is 20.8. The number of rotatable bonds is 7. The van der Waals surface area contributed by atoms with Crippen molar-refractivity contribution in [3.8, 4) is 0 Å². The molecule has 1 aliphatic carbocycles. The van der Waals surface area contributed by atoms with E-state index < -0.39 is 6.04 Å².